The van der Waals surface area contributed by atoms with Gasteiger partial charge in [0.15, 0.2) is 0 Å². The van der Waals surface area contributed by atoms with Crippen molar-refractivity contribution >= 4 is 29.1 Å². The van der Waals surface area contributed by atoms with Gasteiger partial charge in [-0.2, -0.15) is 0 Å². The van der Waals surface area contributed by atoms with Crippen molar-refractivity contribution in [1.82, 2.24) is 14.9 Å². The molecule has 0 atom stereocenters. The Morgan fingerprint density at radius 2 is 1.96 bits per heavy atom. The maximum absolute atomic E-state index is 12.6. The van der Waals surface area contributed by atoms with E-state index in [1.165, 1.54) is 20.4 Å². The number of nitrogens with one attached hydrogen (secondary N) is 2. The topological polar surface area (TPSA) is 88.6 Å². The highest BCUT2D eigenvalue weighted by Gasteiger charge is 2.15. The third-order valence-electron chi connectivity index (χ3n) is 3.68. The second-order valence-electron chi connectivity index (χ2n) is 5.99. The molecule has 2 N–H and O–H groups in total. The number of carbonyl (C=O) groups is 1. The summed E-state index contributed by atoms with van der Waals surface area (Å²) in [5.41, 5.74) is 0.666. The van der Waals surface area contributed by atoms with Crippen molar-refractivity contribution < 1.29 is 14.3 Å². The van der Waals surface area contributed by atoms with Crippen LogP contribution in [-0.4, -0.2) is 62.2 Å². The minimum Gasteiger partial charge on any atom is -0.495 e. The van der Waals surface area contributed by atoms with E-state index in [2.05, 4.69) is 25.5 Å². The van der Waals surface area contributed by atoms with Crippen molar-refractivity contribution in [1.29, 1.82) is 0 Å². The van der Waals surface area contributed by atoms with Crippen LogP contribution in [0.1, 0.15) is 16.9 Å². The second-order valence-corrected chi connectivity index (χ2v) is 6.40. The predicted molar refractivity (Wildman–Crippen MR) is 106 cm³/mol. The smallest absolute Gasteiger partial charge is 0.274 e. The van der Waals surface area contributed by atoms with Crippen molar-refractivity contribution in [2.75, 3.05) is 52.0 Å². The van der Waals surface area contributed by atoms with Gasteiger partial charge in [0.2, 0.25) is 5.95 Å². The monoisotopic (exact) mass is 393 g/mol. The molecule has 0 saturated carbocycles. The van der Waals surface area contributed by atoms with E-state index >= 15 is 0 Å². The fraction of sp³-hybridized carbons (Fsp3) is 0.389. The minimum absolute atomic E-state index is 0.232. The van der Waals surface area contributed by atoms with Gasteiger partial charge in [0.1, 0.15) is 17.2 Å². The molecule has 2 aromatic rings. The van der Waals surface area contributed by atoms with Crippen LogP contribution in [0.15, 0.2) is 24.4 Å². The van der Waals surface area contributed by atoms with Crippen molar-refractivity contribution in [2.24, 2.45) is 0 Å². The average molecular weight is 394 g/mol. The molecule has 0 aliphatic carbocycles. The van der Waals surface area contributed by atoms with E-state index in [1.54, 1.807) is 18.2 Å². The maximum Gasteiger partial charge on any atom is 0.274 e. The van der Waals surface area contributed by atoms with Crippen LogP contribution in [0.25, 0.3) is 0 Å². The lowest BCUT2D eigenvalue weighted by atomic mass is 10.2. The highest BCUT2D eigenvalue weighted by atomic mass is 35.5. The third kappa shape index (κ3) is 5.97. The van der Waals surface area contributed by atoms with Gasteiger partial charge < -0.3 is 25.0 Å². The number of methoxy groups -OCH3 is 2. The first-order chi connectivity index (χ1) is 12.9. The van der Waals surface area contributed by atoms with E-state index in [0.29, 0.717) is 34.7 Å². The molecular formula is C18H24ClN5O3. The highest BCUT2D eigenvalue weighted by molar-refractivity contribution is 6.32. The third-order valence-corrected chi connectivity index (χ3v) is 3.97. The van der Waals surface area contributed by atoms with Gasteiger partial charge in [0.05, 0.1) is 24.9 Å². The SMILES string of the molecule is COc1cc(NC(=O)c2ccnc(NCCCN(C)C)n2)c(OC)cc1Cl. The van der Waals surface area contributed by atoms with Gasteiger partial charge in [0, 0.05) is 24.9 Å². The molecule has 2 rings (SSSR count). The van der Waals surface area contributed by atoms with Gasteiger partial charge in [-0.15, -0.1) is 0 Å². The van der Waals surface area contributed by atoms with E-state index in [4.69, 9.17) is 21.1 Å². The summed E-state index contributed by atoms with van der Waals surface area (Å²) in [4.78, 5) is 23.1. The molecule has 0 unspecified atom stereocenters. The summed E-state index contributed by atoms with van der Waals surface area (Å²) >= 11 is 6.08. The molecule has 8 nitrogen and oxygen atoms in total. The molecule has 9 heteroatoms. The molecule has 0 aliphatic rings. The molecule has 0 fully saturated rings. The zero-order valence-electron chi connectivity index (χ0n) is 15.9. The van der Waals surface area contributed by atoms with E-state index in [9.17, 15) is 4.79 Å². The number of aromatic nitrogens is 2. The Kier molecular flexibility index (Phi) is 7.63. The van der Waals surface area contributed by atoms with Gasteiger partial charge in [0.25, 0.3) is 5.91 Å². The average Bonchev–Trinajstić information content (AvgIpc) is 2.66. The van der Waals surface area contributed by atoms with Crippen LogP contribution < -0.4 is 20.1 Å². The van der Waals surface area contributed by atoms with Gasteiger partial charge in [-0.1, -0.05) is 11.6 Å². The fourth-order valence-electron chi connectivity index (χ4n) is 2.31. The number of ether oxygens (including phenoxy) is 2. The molecule has 0 saturated heterocycles. The van der Waals surface area contributed by atoms with E-state index in [0.717, 1.165) is 13.0 Å². The van der Waals surface area contributed by atoms with Crippen LogP contribution in [0, 0.1) is 0 Å². The van der Waals surface area contributed by atoms with Crippen molar-refractivity contribution in [2.45, 2.75) is 6.42 Å². The summed E-state index contributed by atoms with van der Waals surface area (Å²) < 4.78 is 10.5. The number of carbonyl (C=O) groups excluding carboxylic acids is 1. The predicted octanol–water partition coefficient (Wildman–Crippen LogP) is 2.76. The quantitative estimate of drug-likeness (QED) is 0.633. The van der Waals surface area contributed by atoms with Crippen molar-refractivity contribution in [3.05, 3.63) is 35.1 Å². The highest BCUT2D eigenvalue weighted by Crippen LogP contribution is 2.36. The molecular weight excluding hydrogens is 370 g/mol. The summed E-state index contributed by atoms with van der Waals surface area (Å²) in [5.74, 6) is 0.863. The number of nitrogens with zero attached hydrogens (tertiary/aromatic N) is 3. The number of benzene rings is 1. The maximum atomic E-state index is 12.6. The van der Waals surface area contributed by atoms with E-state index < -0.39 is 5.91 Å². The van der Waals surface area contributed by atoms with Crippen molar-refractivity contribution in [3.8, 4) is 11.5 Å². The Morgan fingerprint density at radius 1 is 1.22 bits per heavy atom. The summed E-state index contributed by atoms with van der Waals surface area (Å²) in [6.45, 7) is 1.66. The lowest BCUT2D eigenvalue weighted by Gasteiger charge is -2.13. The zero-order chi connectivity index (χ0) is 19.8. The van der Waals surface area contributed by atoms with Crippen LogP contribution in [0.3, 0.4) is 0 Å². The number of hydrogen-bond donors (Lipinski definition) is 2. The summed E-state index contributed by atoms with van der Waals surface area (Å²) in [6, 6.07) is 4.72. The van der Waals surface area contributed by atoms with Gasteiger partial charge in [-0.3, -0.25) is 4.79 Å². The first-order valence-corrected chi connectivity index (χ1v) is 8.77. The molecule has 27 heavy (non-hydrogen) atoms. The van der Waals surface area contributed by atoms with Crippen LogP contribution in [0.2, 0.25) is 5.02 Å². The molecule has 0 radical (unpaired) electrons. The number of anilines is 2. The van der Waals surface area contributed by atoms with Crippen molar-refractivity contribution in [3.63, 3.8) is 0 Å². The first kappa shape index (κ1) is 20.7. The van der Waals surface area contributed by atoms with Gasteiger partial charge in [-0.05, 0) is 33.1 Å². The summed E-state index contributed by atoms with van der Waals surface area (Å²) in [5, 5.41) is 6.27. The van der Waals surface area contributed by atoms with Crippen LogP contribution >= 0.6 is 11.6 Å². The minimum atomic E-state index is -0.392. The zero-order valence-corrected chi connectivity index (χ0v) is 16.6. The first-order valence-electron chi connectivity index (χ1n) is 8.39. The van der Waals surface area contributed by atoms with Gasteiger partial charge in [-0.25, -0.2) is 9.97 Å². The molecule has 0 bridgehead atoms. The number of rotatable bonds is 9. The Labute approximate surface area is 163 Å². The Balaban J connectivity index is 2.09. The van der Waals surface area contributed by atoms with E-state index in [-0.39, 0.29) is 5.69 Å². The largest absolute Gasteiger partial charge is 0.495 e. The molecule has 1 aromatic carbocycles. The normalized spacial score (nSPS) is 10.6. The molecule has 146 valence electrons. The van der Waals surface area contributed by atoms with Gasteiger partial charge >= 0.3 is 0 Å². The lowest BCUT2D eigenvalue weighted by Crippen LogP contribution is -2.18. The molecule has 1 aromatic heterocycles. The second kappa shape index (κ2) is 9.94. The molecule has 0 spiro atoms. The van der Waals surface area contributed by atoms with E-state index in [1.807, 2.05) is 14.1 Å². The summed E-state index contributed by atoms with van der Waals surface area (Å²) in [7, 11) is 7.02. The fourth-order valence-corrected chi connectivity index (χ4v) is 2.54. The lowest BCUT2D eigenvalue weighted by molar-refractivity contribution is 0.102. The number of amides is 1. The Bertz CT molecular complexity index is 786. The Hall–Kier alpha value is -2.58. The standard InChI is InChI=1S/C18H24ClN5O3/c1-24(2)9-5-7-20-18-21-8-6-13(23-18)17(25)22-14-11-15(26-3)12(19)10-16(14)27-4/h6,8,10-11H,5,7,9H2,1-4H3,(H,22,25)(H,20,21,23). The molecule has 0 aliphatic heterocycles. The number of halogens is 1. The van der Waals surface area contributed by atoms with Crippen LogP contribution in [0.5, 0.6) is 11.5 Å². The van der Waals surface area contributed by atoms with Crippen LogP contribution in [0.4, 0.5) is 11.6 Å². The van der Waals surface area contributed by atoms with Crippen LogP contribution in [-0.2, 0) is 0 Å². The number of hydrogen-bond acceptors (Lipinski definition) is 7. The molecule has 1 amide bonds. The molecule has 1 heterocycles. The summed E-state index contributed by atoms with van der Waals surface area (Å²) in [6.07, 6.45) is 2.48. The Morgan fingerprint density at radius 3 is 2.63 bits per heavy atom.